The van der Waals surface area contributed by atoms with Crippen LogP contribution in [0, 0.1) is 25.6 Å². The Morgan fingerprint density at radius 2 is 1.86 bits per heavy atom. The molecule has 3 rings (SSSR count). The third-order valence-electron chi connectivity index (χ3n) is 5.11. The Morgan fingerprint density at radius 1 is 1.18 bits per heavy atom. The normalized spacial score (nSPS) is 19.1. The zero-order valence-corrected chi connectivity index (χ0v) is 17.3. The minimum absolute atomic E-state index is 0.0367. The molecule has 1 N–H and O–H groups in total. The summed E-state index contributed by atoms with van der Waals surface area (Å²) in [4.78, 5) is 37.7. The first-order chi connectivity index (χ1) is 13.3. The second kappa shape index (κ2) is 8.35. The molecule has 1 fully saturated rings. The summed E-state index contributed by atoms with van der Waals surface area (Å²) in [5.41, 5.74) is 3.16. The van der Waals surface area contributed by atoms with Crippen molar-refractivity contribution in [3.05, 3.63) is 68.9 Å². The van der Waals surface area contributed by atoms with Crippen LogP contribution in [0.25, 0.3) is 0 Å². The predicted molar refractivity (Wildman–Crippen MR) is 107 cm³/mol. The summed E-state index contributed by atoms with van der Waals surface area (Å²) < 4.78 is 14.1. The number of ketones is 2. The highest BCUT2D eigenvalue weighted by Gasteiger charge is 2.43. The van der Waals surface area contributed by atoms with Crippen LogP contribution in [-0.2, 0) is 20.9 Å². The number of Topliss-reactive ketones (excluding diaryl/α,β-unsaturated/α-hetero) is 2. The fraction of sp³-hybridized carbons (Fsp3) is 0.318. The molecule has 1 aliphatic carbocycles. The van der Waals surface area contributed by atoms with E-state index in [0.717, 1.165) is 21.2 Å². The van der Waals surface area contributed by atoms with Gasteiger partial charge < -0.3 is 5.32 Å². The molecule has 1 amide bonds. The Bertz CT molecular complexity index is 934. The third kappa shape index (κ3) is 4.38. The molecule has 1 saturated carbocycles. The molecule has 2 atom stereocenters. The van der Waals surface area contributed by atoms with E-state index in [-0.39, 0.29) is 42.7 Å². The van der Waals surface area contributed by atoms with Gasteiger partial charge in [0.1, 0.15) is 17.5 Å². The van der Waals surface area contributed by atoms with Gasteiger partial charge in [0, 0.05) is 29.8 Å². The molecule has 2 aromatic rings. The van der Waals surface area contributed by atoms with Crippen molar-refractivity contribution in [2.45, 2.75) is 39.2 Å². The topological polar surface area (TPSA) is 63.2 Å². The molecule has 0 aliphatic heterocycles. The molecule has 0 saturated heterocycles. The number of aryl methyl sites for hydroxylation is 2. The van der Waals surface area contributed by atoms with Crippen molar-refractivity contribution in [2.24, 2.45) is 5.92 Å². The Labute approximate surface area is 171 Å². The summed E-state index contributed by atoms with van der Waals surface area (Å²) in [5.74, 6) is -2.44. The Kier molecular flexibility index (Phi) is 6.08. The highest BCUT2D eigenvalue weighted by atomic mass is 79.9. The summed E-state index contributed by atoms with van der Waals surface area (Å²) in [6, 6.07) is 9.75. The molecule has 4 nitrogen and oxygen atoms in total. The Hall–Kier alpha value is -2.34. The van der Waals surface area contributed by atoms with Crippen LogP contribution in [0.2, 0.25) is 0 Å². The van der Waals surface area contributed by atoms with E-state index in [1.807, 2.05) is 26.0 Å². The summed E-state index contributed by atoms with van der Waals surface area (Å²) in [6.07, 6.45) is 0.0385. The fourth-order valence-corrected chi connectivity index (χ4v) is 4.54. The number of amides is 1. The maximum Gasteiger partial charge on any atom is 0.221 e. The quantitative estimate of drug-likeness (QED) is 0.702. The van der Waals surface area contributed by atoms with Crippen LogP contribution in [0.15, 0.2) is 40.9 Å². The van der Waals surface area contributed by atoms with E-state index in [1.165, 1.54) is 12.1 Å². The van der Waals surface area contributed by atoms with E-state index in [4.69, 9.17) is 0 Å². The van der Waals surface area contributed by atoms with E-state index in [1.54, 1.807) is 12.1 Å². The van der Waals surface area contributed by atoms with E-state index < -0.39 is 11.8 Å². The molecule has 6 heteroatoms. The predicted octanol–water partition coefficient (Wildman–Crippen LogP) is 4.15. The zero-order chi connectivity index (χ0) is 20.4. The van der Waals surface area contributed by atoms with Crippen LogP contribution >= 0.6 is 15.9 Å². The molecular weight excluding hydrogens is 425 g/mol. The molecule has 0 spiro atoms. The van der Waals surface area contributed by atoms with E-state index in [2.05, 4.69) is 21.2 Å². The van der Waals surface area contributed by atoms with Crippen LogP contribution in [0.1, 0.15) is 41.0 Å². The number of rotatable bonds is 5. The van der Waals surface area contributed by atoms with Crippen LogP contribution in [0.5, 0.6) is 0 Å². The number of carbonyl (C=O) groups excluding carboxylic acids is 3. The first kappa shape index (κ1) is 20.4. The van der Waals surface area contributed by atoms with Crippen LogP contribution < -0.4 is 5.32 Å². The van der Waals surface area contributed by atoms with Gasteiger partial charge in [-0.1, -0.05) is 28.1 Å². The molecule has 0 aromatic heterocycles. The minimum atomic E-state index is -0.797. The van der Waals surface area contributed by atoms with Gasteiger partial charge in [0.25, 0.3) is 0 Å². The lowest BCUT2D eigenvalue weighted by Gasteiger charge is -2.16. The lowest BCUT2D eigenvalue weighted by atomic mass is 9.87. The fourth-order valence-electron chi connectivity index (χ4n) is 3.85. The SMILES string of the molecule is Cc1cc(Br)cc(C)c1C1C(=O)CC(CC(=O)NCc2cccc(F)c2)C1=O. The molecule has 2 aromatic carbocycles. The molecule has 0 bridgehead atoms. The van der Waals surface area contributed by atoms with Crippen molar-refractivity contribution in [3.8, 4) is 0 Å². The van der Waals surface area contributed by atoms with Gasteiger partial charge in [-0.25, -0.2) is 4.39 Å². The lowest BCUT2D eigenvalue weighted by molar-refractivity contribution is -0.128. The summed E-state index contributed by atoms with van der Waals surface area (Å²) in [5, 5.41) is 2.70. The van der Waals surface area contributed by atoms with E-state index in [9.17, 15) is 18.8 Å². The average molecular weight is 446 g/mol. The molecule has 0 radical (unpaired) electrons. The maximum absolute atomic E-state index is 13.2. The Morgan fingerprint density at radius 3 is 2.50 bits per heavy atom. The van der Waals surface area contributed by atoms with Crippen molar-refractivity contribution in [1.29, 1.82) is 0 Å². The number of nitrogens with one attached hydrogen (secondary N) is 1. The van der Waals surface area contributed by atoms with Crippen molar-refractivity contribution < 1.29 is 18.8 Å². The largest absolute Gasteiger partial charge is 0.352 e. The number of benzene rings is 2. The summed E-state index contributed by atoms with van der Waals surface area (Å²) in [6.45, 7) is 3.94. The van der Waals surface area contributed by atoms with Gasteiger partial charge in [-0.2, -0.15) is 0 Å². The molecular formula is C22H21BrFNO3. The average Bonchev–Trinajstić information content (AvgIpc) is 2.87. The second-order valence-corrected chi connectivity index (χ2v) is 8.18. The molecule has 0 heterocycles. The van der Waals surface area contributed by atoms with Gasteiger partial charge in [-0.05, 0) is 60.4 Å². The number of carbonyl (C=O) groups is 3. The van der Waals surface area contributed by atoms with Gasteiger partial charge in [0.15, 0.2) is 5.78 Å². The van der Waals surface area contributed by atoms with Gasteiger partial charge in [-0.15, -0.1) is 0 Å². The van der Waals surface area contributed by atoms with E-state index in [0.29, 0.717) is 5.56 Å². The summed E-state index contributed by atoms with van der Waals surface area (Å²) >= 11 is 3.43. The van der Waals surface area contributed by atoms with Gasteiger partial charge in [0.05, 0.1) is 0 Å². The first-order valence-electron chi connectivity index (χ1n) is 9.10. The van der Waals surface area contributed by atoms with Gasteiger partial charge in [-0.3, -0.25) is 14.4 Å². The second-order valence-electron chi connectivity index (χ2n) is 7.27. The number of halogens is 2. The number of hydrogen-bond donors (Lipinski definition) is 1. The van der Waals surface area contributed by atoms with Crippen LogP contribution in [-0.4, -0.2) is 17.5 Å². The highest BCUT2D eigenvalue weighted by molar-refractivity contribution is 9.10. The highest BCUT2D eigenvalue weighted by Crippen LogP contribution is 2.38. The van der Waals surface area contributed by atoms with Crippen LogP contribution in [0.4, 0.5) is 4.39 Å². The minimum Gasteiger partial charge on any atom is -0.352 e. The van der Waals surface area contributed by atoms with Gasteiger partial charge in [0.2, 0.25) is 5.91 Å². The van der Waals surface area contributed by atoms with Crippen molar-refractivity contribution in [2.75, 3.05) is 0 Å². The zero-order valence-electron chi connectivity index (χ0n) is 15.7. The third-order valence-corrected chi connectivity index (χ3v) is 5.57. The van der Waals surface area contributed by atoms with Crippen molar-refractivity contribution in [3.63, 3.8) is 0 Å². The molecule has 1 aliphatic rings. The van der Waals surface area contributed by atoms with Crippen molar-refractivity contribution >= 4 is 33.4 Å². The number of hydrogen-bond acceptors (Lipinski definition) is 3. The first-order valence-corrected chi connectivity index (χ1v) is 9.89. The molecule has 2 unspecified atom stereocenters. The van der Waals surface area contributed by atoms with Gasteiger partial charge >= 0.3 is 0 Å². The smallest absolute Gasteiger partial charge is 0.221 e. The standard InChI is InChI=1S/C22H21BrFNO3/c1-12-6-16(23)7-13(2)20(12)21-18(26)9-15(22(21)28)10-19(27)25-11-14-4-3-5-17(24)8-14/h3-8,15,21H,9-11H2,1-2H3,(H,25,27). The molecule has 28 heavy (non-hydrogen) atoms. The maximum atomic E-state index is 13.2. The van der Waals surface area contributed by atoms with E-state index >= 15 is 0 Å². The Balaban J connectivity index is 1.67. The monoisotopic (exact) mass is 445 g/mol. The van der Waals surface area contributed by atoms with Crippen LogP contribution in [0.3, 0.4) is 0 Å². The van der Waals surface area contributed by atoms with Crippen molar-refractivity contribution in [1.82, 2.24) is 5.32 Å². The molecule has 146 valence electrons. The lowest BCUT2D eigenvalue weighted by Crippen LogP contribution is -2.27. The summed E-state index contributed by atoms with van der Waals surface area (Å²) in [7, 11) is 0.